The van der Waals surface area contributed by atoms with Gasteiger partial charge in [-0.2, -0.15) is 0 Å². The van der Waals surface area contributed by atoms with Crippen molar-refractivity contribution in [3.8, 4) is 0 Å². The number of benzene rings is 1. The van der Waals surface area contributed by atoms with Crippen LogP contribution >= 0.6 is 15.9 Å². The highest BCUT2D eigenvalue weighted by Gasteiger charge is 2.12. The van der Waals surface area contributed by atoms with Gasteiger partial charge < -0.3 is 5.32 Å². The summed E-state index contributed by atoms with van der Waals surface area (Å²) in [5.41, 5.74) is 0.897. The second kappa shape index (κ2) is 7.48. The van der Waals surface area contributed by atoms with Crippen molar-refractivity contribution in [3.63, 3.8) is 0 Å². The molecule has 1 N–H and O–H groups in total. The molecule has 0 aromatic heterocycles. The predicted molar refractivity (Wildman–Crippen MR) is 76.6 cm³/mol. The summed E-state index contributed by atoms with van der Waals surface area (Å²) < 4.78 is 0.868. The van der Waals surface area contributed by atoms with Crippen LogP contribution < -0.4 is 5.32 Å². The normalized spacial score (nSPS) is 10.9. The van der Waals surface area contributed by atoms with Crippen molar-refractivity contribution in [2.45, 2.75) is 33.2 Å². The first kappa shape index (κ1) is 15.1. The van der Waals surface area contributed by atoms with Gasteiger partial charge in [0, 0.05) is 22.6 Å². The Bertz CT molecular complexity index is 408. The van der Waals surface area contributed by atoms with Gasteiger partial charge in [0.25, 0.3) is 5.69 Å². The molecule has 1 aromatic carbocycles. The third-order valence-corrected chi connectivity index (χ3v) is 3.18. The number of halogens is 1. The molecule has 0 fully saturated rings. The van der Waals surface area contributed by atoms with Crippen molar-refractivity contribution < 1.29 is 4.92 Å². The molecule has 0 spiro atoms. The van der Waals surface area contributed by atoms with Gasteiger partial charge in [-0.05, 0) is 37.4 Å². The maximum absolute atomic E-state index is 10.9. The third-order valence-electron chi connectivity index (χ3n) is 2.69. The fourth-order valence-electron chi connectivity index (χ4n) is 1.73. The zero-order chi connectivity index (χ0) is 13.5. The standard InChI is InChI=1S/C13H19BrN2O2/c1-10(2)4-3-7-15-9-11-8-12(14)5-6-13(11)16(17)18/h5-6,8,10,15H,3-4,7,9H2,1-2H3. The summed E-state index contributed by atoms with van der Waals surface area (Å²) in [6.07, 6.45) is 2.27. The van der Waals surface area contributed by atoms with Gasteiger partial charge in [0.05, 0.1) is 4.92 Å². The van der Waals surface area contributed by atoms with Crippen LogP contribution in [0.3, 0.4) is 0 Å². The zero-order valence-corrected chi connectivity index (χ0v) is 12.4. The lowest BCUT2D eigenvalue weighted by molar-refractivity contribution is -0.385. The molecule has 0 saturated heterocycles. The molecular weight excluding hydrogens is 296 g/mol. The van der Waals surface area contributed by atoms with Crippen LogP contribution in [0.2, 0.25) is 0 Å². The Morgan fingerprint density at radius 2 is 2.17 bits per heavy atom. The van der Waals surface area contributed by atoms with Crippen LogP contribution in [0.5, 0.6) is 0 Å². The molecule has 0 aliphatic carbocycles. The van der Waals surface area contributed by atoms with E-state index in [9.17, 15) is 10.1 Å². The van der Waals surface area contributed by atoms with E-state index in [1.54, 1.807) is 12.1 Å². The van der Waals surface area contributed by atoms with E-state index in [0.29, 0.717) is 12.5 Å². The Kier molecular flexibility index (Phi) is 6.29. The maximum atomic E-state index is 10.9. The molecule has 0 radical (unpaired) electrons. The van der Waals surface area contributed by atoms with E-state index in [1.165, 1.54) is 12.5 Å². The first-order chi connectivity index (χ1) is 8.50. The molecule has 18 heavy (non-hydrogen) atoms. The Hall–Kier alpha value is -0.940. The summed E-state index contributed by atoms with van der Waals surface area (Å²) in [5, 5.41) is 14.1. The van der Waals surface area contributed by atoms with Crippen LogP contribution in [0.4, 0.5) is 5.69 Å². The summed E-state index contributed by atoms with van der Waals surface area (Å²) >= 11 is 3.34. The summed E-state index contributed by atoms with van der Waals surface area (Å²) in [6.45, 7) is 5.81. The lowest BCUT2D eigenvalue weighted by atomic mass is 10.1. The van der Waals surface area contributed by atoms with Gasteiger partial charge in [-0.15, -0.1) is 0 Å². The third kappa shape index (κ3) is 5.14. The van der Waals surface area contributed by atoms with Gasteiger partial charge in [0.1, 0.15) is 0 Å². The first-order valence-corrected chi connectivity index (χ1v) is 6.93. The van der Waals surface area contributed by atoms with E-state index >= 15 is 0 Å². The van der Waals surface area contributed by atoms with E-state index in [0.717, 1.165) is 23.0 Å². The molecule has 100 valence electrons. The molecule has 5 heteroatoms. The molecule has 0 unspecified atom stereocenters. The van der Waals surface area contributed by atoms with Gasteiger partial charge >= 0.3 is 0 Å². The largest absolute Gasteiger partial charge is 0.312 e. The van der Waals surface area contributed by atoms with Crippen molar-refractivity contribution >= 4 is 21.6 Å². The van der Waals surface area contributed by atoms with E-state index in [2.05, 4.69) is 35.1 Å². The first-order valence-electron chi connectivity index (χ1n) is 6.14. The highest BCUT2D eigenvalue weighted by Crippen LogP contribution is 2.22. The maximum Gasteiger partial charge on any atom is 0.273 e. The number of nitrogens with zero attached hydrogens (tertiary/aromatic N) is 1. The summed E-state index contributed by atoms with van der Waals surface area (Å²) in [5.74, 6) is 0.701. The van der Waals surface area contributed by atoms with Crippen LogP contribution in [0.15, 0.2) is 22.7 Å². The SMILES string of the molecule is CC(C)CCCNCc1cc(Br)ccc1[N+](=O)[O-]. The fourth-order valence-corrected chi connectivity index (χ4v) is 2.14. The van der Waals surface area contributed by atoms with Crippen LogP contribution in [-0.4, -0.2) is 11.5 Å². The van der Waals surface area contributed by atoms with Crippen molar-refractivity contribution in [1.29, 1.82) is 0 Å². The van der Waals surface area contributed by atoms with Gasteiger partial charge in [-0.1, -0.05) is 29.8 Å². The minimum atomic E-state index is -0.336. The van der Waals surface area contributed by atoms with E-state index in [-0.39, 0.29) is 10.6 Å². The number of hydrogen-bond acceptors (Lipinski definition) is 3. The van der Waals surface area contributed by atoms with Crippen LogP contribution in [0.1, 0.15) is 32.3 Å². The number of nitro groups is 1. The number of rotatable bonds is 7. The molecular formula is C13H19BrN2O2. The van der Waals surface area contributed by atoms with E-state index in [1.807, 2.05) is 0 Å². The van der Waals surface area contributed by atoms with E-state index in [4.69, 9.17) is 0 Å². The smallest absolute Gasteiger partial charge is 0.273 e. The quantitative estimate of drug-likeness (QED) is 0.472. The highest BCUT2D eigenvalue weighted by molar-refractivity contribution is 9.10. The number of nitrogens with one attached hydrogen (secondary N) is 1. The van der Waals surface area contributed by atoms with Crippen LogP contribution in [0, 0.1) is 16.0 Å². The second-order valence-electron chi connectivity index (χ2n) is 4.74. The number of nitro benzene ring substituents is 1. The molecule has 0 aliphatic rings. The van der Waals surface area contributed by atoms with Crippen LogP contribution in [0.25, 0.3) is 0 Å². The van der Waals surface area contributed by atoms with Crippen molar-refractivity contribution in [2.24, 2.45) is 5.92 Å². The summed E-state index contributed by atoms with van der Waals surface area (Å²) in [4.78, 5) is 10.5. The van der Waals surface area contributed by atoms with Crippen LogP contribution in [-0.2, 0) is 6.54 Å². The summed E-state index contributed by atoms with van der Waals surface area (Å²) in [6, 6.07) is 5.03. The average molecular weight is 315 g/mol. The van der Waals surface area contributed by atoms with Crippen molar-refractivity contribution in [3.05, 3.63) is 38.3 Å². The van der Waals surface area contributed by atoms with Gasteiger partial charge in [-0.3, -0.25) is 10.1 Å². The number of hydrogen-bond donors (Lipinski definition) is 1. The molecule has 0 heterocycles. The lowest BCUT2D eigenvalue weighted by Crippen LogP contribution is -2.16. The van der Waals surface area contributed by atoms with Crippen molar-refractivity contribution in [1.82, 2.24) is 5.32 Å². The molecule has 0 atom stereocenters. The zero-order valence-electron chi connectivity index (χ0n) is 10.8. The van der Waals surface area contributed by atoms with Gasteiger partial charge in [0.2, 0.25) is 0 Å². The Labute approximate surface area is 116 Å². The molecule has 0 saturated carbocycles. The molecule has 0 bridgehead atoms. The lowest BCUT2D eigenvalue weighted by Gasteiger charge is -2.07. The molecule has 0 amide bonds. The highest BCUT2D eigenvalue weighted by atomic mass is 79.9. The Balaban J connectivity index is 2.50. The Morgan fingerprint density at radius 3 is 2.78 bits per heavy atom. The minimum Gasteiger partial charge on any atom is -0.312 e. The van der Waals surface area contributed by atoms with Gasteiger partial charge in [0.15, 0.2) is 0 Å². The topological polar surface area (TPSA) is 55.2 Å². The Morgan fingerprint density at radius 1 is 1.44 bits per heavy atom. The minimum absolute atomic E-state index is 0.176. The average Bonchev–Trinajstić information content (AvgIpc) is 2.27. The van der Waals surface area contributed by atoms with Gasteiger partial charge in [-0.25, -0.2) is 0 Å². The fraction of sp³-hybridized carbons (Fsp3) is 0.538. The van der Waals surface area contributed by atoms with Crippen molar-refractivity contribution in [2.75, 3.05) is 6.54 Å². The monoisotopic (exact) mass is 314 g/mol. The summed E-state index contributed by atoms with van der Waals surface area (Å²) in [7, 11) is 0. The molecule has 0 aliphatic heterocycles. The second-order valence-corrected chi connectivity index (χ2v) is 5.66. The molecule has 4 nitrogen and oxygen atoms in total. The van der Waals surface area contributed by atoms with E-state index < -0.39 is 0 Å². The predicted octanol–water partition coefficient (Wildman–Crippen LogP) is 3.88. The molecule has 1 aromatic rings. The molecule has 1 rings (SSSR count).